The Morgan fingerprint density at radius 3 is 2.57 bits per heavy atom. The molecule has 0 atom stereocenters. The minimum Gasteiger partial charge on any atom is -0.474 e. The molecule has 0 radical (unpaired) electrons. The highest BCUT2D eigenvalue weighted by atomic mass is 35.5. The van der Waals surface area contributed by atoms with Crippen molar-refractivity contribution < 1.29 is 18.7 Å². The number of likely N-dealkylation sites (tertiary alicyclic amines) is 1. The summed E-state index contributed by atoms with van der Waals surface area (Å²) in [6.07, 6.45) is 1.45. The Balaban J connectivity index is 1.60. The van der Waals surface area contributed by atoms with E-state index in [1.807, 2.05) is 39.8 Å². The van der Waals surface area contributed by atoms with E-state index in [4.69, 9.17) is 21.1 Å². The lowest BCUT2D eigenvalue weighted by molar-refractivity contribution is 0.0123. The lowest BCUT2D eigenvalue weighted by atomic mass is 10.1. The van der Waals surface area contributed by atoms with E-state index in [1.54, 1.807) is 17.0 Å². The number of hydrogen-bond acceptors (Lipinski definition) is 4. The van der Waals surface area contributed by atoms with Crippen LogP contribution >= 0.6 is 11.6 Å². The maximum absolute atomic E-state index is 14.2. The van der Waals surface area contributed by atoms with E-state index in [0.29, 0.717) is 48.8 Å². The van der Waals surface area contributed by atoms with Gasteiger partial charge in [0.15, 0.2) is 0 Å². The number of rotatable bonds is 4. The van der Waals surface area contributed by atoms with Crippen LogP contribution in [0.4, 0.5) is 9.18 Å². The third-order valence-electron chi connectivity index (χ3n) is 4.93. The van der Waals surface area contributed by atoms with E-state index in [9.17, 15) is 9.18 Å². The van der Waals surface area contributed by atoms with Gasteiger partial charge in [-0.3, -0.25) is 0 Å². The van der Waals surface area contributed by atoms with Crippen molar-refractivity contribution in [1.29, 1.82) is 0 Å². The molecule has 1 fully saturated rings. The van der Waals surface area contributed by atoms with Gasteiger partial charge in [-0.05, 0) is 51.0 Å². The van der Waals surface area contributed by atoms with Gasteiger partial charge in [0.05, 0.1) is 5.69 Å². The maximum atomic E-state index is 14.2. The summed E-state index contributed by atoms with van der Waals surface area (Å²) < 4.78 is 25.7. The molecule has 0 bridgehead atoms. The van der Waals surface area contributed by atoms with E-state index < -0.39 is 5.60 Å². The largest absolute Gasteiger partial charge is 0.474 e. The molecule has 1 aromatic heterocycles. The summed E-state index contributed by atoms with van der Waals surface area (Å²) in [7, 11) is 0. The Kier molecular flexibility index (Phi) is 6.86. The van der Waals surface area contributed by atoms with Gasteiger partial charge in [-0.25, -0.2) is 14.2 Å². The molecule has 30 heavy (non-hydrogen) atoms. The van der Waals surface area contributed by atoms with Crippen LogP contribution in [0.1, 0.15) is 50.4 Å². The van der Waals surface area contributed by atoms with Crippen LogP contribution in [0.15, 0.2) is 30.3 Å². The molecule has 1 aliphatic rings. The first-order valence-corrected chi connectivity index (χ1v) is 10.5. The second kappa shape index (κ2) is 9.21. The molecular weight excluding hydrogens is 407 g/mol. The van der Waals surface area contributed by atoms with Crippen LogP contribution in [-0.2, 0) is 11.2 Å². The first kappa shape index (κ1) is 22.3. The molecule has 7 heteroatoms. The summed E-state index contributed by atoms with van der Waals surface area (Å²) >= 11 is 5.84. The zero-order valence-corrected chi connectivity index (χ0v) is 18.6. The predicted octanol–water partition coefficient (Wildman–Crippen LogP) is 5.55. The third-order valence-corrected chi connectivity index (χ3v) is 5.17. The second-order valence-corrected chi connectivity index (χ2v) is 9.05. The highest BCUT2D eigenvalue weighted by molar-refractivity contribution is 6.30. The fraction of sp³-hybridized carbons (Fsp3) is 0.478. The van der Waals surface area contributed by atoms with Gasteiger partial charge in [-0.1, -0.05) is 23.7 Å². The van der Waals surface area contributed by atoms with Crippen molar-refractivity contribution in [3.63, 3.8) is 0 Å². The number of aryl methyl sites for hydroxylation is 1. The molecule has 2 heterocycles. The molecule has 162 valence electrons. The Morgan fingerprint density at radius 1 is 1.23 bits per heavy atom. The van der Waals surface area contributed by atoms with Gasteiger partial charge < -0.3 is 14.4 Å². The second-order valence-electron chi connectivity index (χ2n) is 8.61. The fourth-order valence-corrected chi connectivity index (χ4v) is 3.45. The molecule has 0 saturated carbocycles. The highest BCUT2D eigenvalue weighted by Crippen LogP contribution is 2.23. The SMILES string of the molecule is Cc1ccc(OC2CCN(C(=O)OC(C)(C)C)CC2)nc1Cc1ccc(Cl)cc1F. The topological polar surface area (TPSA) is 51.7 Å². The van der Waals surface area contributed by atoms with Gasteiger partial charge in [-0.15, -0.1) is 0 Å². The first-order chi connectivity index (χ1) is 14.1. The maximum Gasteiger partial charge on any atom is 0.410 e. The molecule has 5 nitrogen and oxygen atoms in total. The lowest BCUT2D eigenvalue weighted by Gasteiger charge is -2.33. The summed E-state index contributed by atoms with van der Waals surface area (Å²) in [5.41, 5.74) is 1.77. The number of ether oxygens (including phenoxy) is 2. The average Bonchev–Trinajstić information content (AvgIpc) is 2.66. The van der Waals surface area contributed by atoms with Crippen molar-refractivity contribution in [1.82, 2.24) is 9.88 Å². The quantitative estimate of drug-likeness (QED) is 0.632. The van der Waals surface area contributed by atoms with Crippen molar-refractivity contribution >= 4 is 17.7 Å². The van der Waals surface area contributed by atoms with Crippen LogP contribution in [0.5, 0.6) is 5.88 Å². The Hall–Kier alpha value is -2.34. The van der Waals surface area contributed by atoms with E-state index in [2.05, 4.69) is 4.98 Å². The molecule has 1 aliphatic heterocycles. The number of hydrogen-bond donors (Lipinski definition) is 0. The predicted molar refractivity (Wildman–Crippen MR) is 115 cm³/mol. The number of carbonyl (C=O) groups is 1. The van der Waals surface area contributed by atoms with E-state index >= 15 is 0 Å². The van der Waals surface area contributed by atoms with E-state index in [1.165, 1.54) is 6.07 Å². The number of amides is 1. The Labute approximate surface area is 182 Å². The van der Waals surface area contributed by atoms with Gasteiger partial charge in [0.2, 0.25) is 5.88 Å². The van der Waals surface area contributed by atoms with E-state index in [0.717, 1.165) is 11.3 Å². The minimum absolute atomic E-state index is 0.0287. The normalized spacial score (nSPS) is 15.2. The number of carbonyl (C=O) groups excluding carboxylic acids is 1. The zero-order valence-electron chi connectivity index (χ0n) is 17.9. The smallest absolute Gasteiger partial charge is 0.410 e. The first-order valence-electron chi connectivity index (χ1n) is 10.2. The van der Waals surface area contributed by atoms with Gasteiger partial charge in [0.25, 0.3) is 0 Å². The number of aromatic nitrogens is 1. The fourth-order valence-electron chi connectivity index (χ4n) is 3.29. The molecule has 2 aromatic rings. The van der Waals surface area contributed by atoms with Crippen molar-refractivity contribution in [3.8, 4) is 5.88 Å². The number of halogens is 2. The van der Waals surface area contributed by atoms with Crippen LogP contribution in [0.25, 0.3) is 0 Å². The molecular formula is C23H28ClFN2O3. The molecule has 3 rings (SSSR count). The monoisotopic (exact) mass is 434 g/mol. The minimum atomic E-state index is -0.504. The molecule has 1 saturated heterocycles. The van der Waals surface area contributed by atoms with Crippen molar-refractivity contribution in [2.24, 2.45) is 0 Å². The number of benzene rings is 1. The highest BCUT2D eigenvalue weighted by Gasteiger charge is 2.27. The van der Waals surface area contributed by atoms with Gasteiger partial charge >= 0.3 is 6.09 Å². The van der Waals surface area contributed by atoms with Crippen LogP contribution in [-0.4, -0.2) is 40.8 Å². The van der Waals surface area contributed by atoms with Crippen LogP contribution in [0.2, 0.25) is 5.02 Å². The summed E-state index contributed by atoms with van der Waals surface area (Å²) in [6.45, 7) is 8.67. The average molecular weight is 435 g/mol. The summed E-state index contributed by atoms with van der Waals surface area (Å²) in [4.78, 5) is 18.5. The zero-order chi connectivity index (χ0) is 21.9. The molecule has 0 N–H and O–H groups in total. The molecule has 0 spiro atoms. The Morgan fingerprint density at radius 2 is 1.93 bits per heavy atom. The summed E-state index contributed by atoms with van der Waals surface area (Å²) in [5.74, 6) is 0.172. The van der Waals surface area contributed by atoms with Gasteiger partial charge in [0.1, 0.15) is 17.5 Å². The number of piperidine rings is 1. The van der Waals surface area contributed by atoms with Crippen LogP contribution < -0.4 is 4.74 Å². The standard InChI is InChI=1S/C23H28ClFN2O3/c1-15-5-8-21(26-20(15)13-16-6-7-17(24)14-19(16)25)29-18-9-11-27(12-10-18)22(28)30-23(2,3)4/h5-8,14,18H,9-13H2,1-4H3. The van der Waals surface area contributed by atoms with Gasteiger partial charge in [0, 0.05) is 43.4 Å². The summed E-state index contributed by atoms with van der Waals surface area (Å²) in [5, 5.41) is 0.371. The van der Waals surface area contributed by atoms with Crippen molar-refractivity contribution in [2.45, 2.75) is 58.7 Å². The summed E-state index contributed by atoms with van der Waals surface area (Å²) in [6, 6.07) is 8.43. The third kappa shape index (κ3) is 6.08. The van der Waals surface area contributed by atoms with Crippen molar-refractivity contribution in [3.05, 3.63) is 58.0 Å². The molecule has 0 aliphatic carbocycles. The van der Waals surface area contributed by atoms with E-state index in [-0.39, 0.29) is 18.0 Å². The number of pyridine rings is 1. The van der Waals surface area contributed by atoms with Crippen LogP contribution in [0.3, 0.4) is 0 Å². The lowest BCUT2D eigenvalue weighted by Crippen LogP contribution is -2.44. The van der Waals surface area contributed by atoms with Crippen molar-refractivity contribution in [2.75, 3.05) is 13.1 Å². The van der Waals surface area contributed by atoms with Gasteiger partial charge in [-0.2, -0.15) is 0 Å². The molecule has 1 amide bonds. The Bertz CT molecular complexity index is 906. The molecule has 1 aromatic carbocycles. The number of nitrogens with zero attached hydrogens (tertiary/aromatic N) is 2. The van der Waals surface area contributed by atoms with Crippen LogP contribution in [0, 0.1) is 12.7 Å². The molecule has 0 unspecified atom stereocenters.